The van der Waals surface area contributed by atoms with Crippen molar-refractivity contribution in [2.75, 3.05) is 24.7 Å². The van der Waals surface area contributed by atoms with Crippen LogP contribution in [0.1, 0.15) is 77.7 Å². The zero-order chi connectivity index (χ0) is 20.6. The van der Waals surface area contributed by atoms with Crippen LogP contribution in [0.4, 0.5) is 0 Å². The maximum Gasteiger partial charge on any atom is 0.151 e. The molecule has 0 spiro atoms. The minimum atomic E-state index is -3.11. The monoisotopic (exact) mass is 410 g/mol. The van der Waals surface area contributed by atoms with E-state index in [1.54, 1.807) is 0 Å². The fourth-order valence-electron chi connectivity index (χ4n) is 3.64. The fourth-order valence-corrected chi connectivity index (χ4v) is 5.40. The normalized spacial score (nSPS) is 17.0. The third-order valence-electron chi connectivity index (χ3n) is 5.16. The Bertz CT molecular complexity index is 685. The van der Waals surface area contributed by atoms with E-state index in [1.165, 1.54) is 12.8 Å². The Balaban J connectivity index is 1.87. The first-order valence-electron chi connectivity index (χ1n) is 10.7. The SMILES string of the molecule is CC[C@@H](CS(=O)(=O)CCCOCC(C)(C)C)c1cccc(OC2CCCC2)c1. The molecule has 28 heavy (non-hydrogen) atoms. The second kappa shape index (κ2) is 10.6. The van der Waals surface area contributed by atoms with Crippen molar-refractivity contribution in [3.05, 3.63) is 29.8 Å². The van der Waals surface area contributed by atoms with Crippen LogP contribution >= 0.6 is 0 Å². The Morgan fingerprint density at radius 3 is 2.54 bits per heavy atom. The van der Waals surface area contributed by atoms with Gasteiger partial charge in [0.05, 0.1) is 24.2 Å². The van der Waals surface area contributed by atoms with Crippen molar-refractivity contribution in [1.29, 1.82) is 0 Å². The van der Waals surface area contributed by atoms with Crippen LogP contribution in [0.3, 0.4) is 0 Å². The molecule has 1 aliphatic carbocycles. The fraction of sp³-hybridized carbons (Fsp3) is 0.739. The average Bonchev–Trinajstić information content (AvgIpc) is 3.11. The third-order valence-corrected chi connectivity index (χ3v) is 6.98. The maximum atomic E-state index is 12.6. The van der Waals surface area contributed by atoms with Crippen LogP contribution < -0.4 is 4.74 Å². The smallest absolute Gasteiger partial charge is 0.151 e. The molecule has 1 aliphatic rings. The molecule has 1 aromatic rings. The van der Waals surface area contributed by atoms with Crippen LogP contribution in [0.5, 0.6) is 5.75 Å². The molecule has 0 aromatic heterocycles. The van der Waals surface area contributed by atoms with Crippen molar-refractivity contribution in [2.45, 2.75) is 78.2 Å². The number of hydrogen-bond acceptors (Lipinski definition) is 4. The highest BCUT2D eigenvalue weighted by Crippen LogP contribution is 2.28. The molecule has 0 bridgehead atoms. The summed E-state index contributed by atoms with van der Waals surface area (Å²) < 4.78 is 36.9. The van der Waals surface area contributed by atoms with E-state index < -0.39 is 9.84 Å². The van der Waals surface area contributed by atoms with Crippen molar-refractivity contribution < 1.29 is 17.9 Å². The Hall–Kier alpha value is -1.07. The van der Waals surface area contributed by atoms with Gasteiger partial charge in [-0.15, -0.1) is 0 Å². The molecule has 0 saturated heterocycles. The summed E-state index contributed by atoms with van der Waals surface area (Å²) in [5.74, 6) is 1.25. The lowest BCUT2D eigenvalue weighted by molar-refractivity contribution is 0.0720. The highest BCUT2D eigenvalue weighted by Gasteiger charge is 2.21. The minimum Gasteiger partial charge on any atom is -0.490 e. The molecular formula is C23H38O4S. The topological polar surface area (TPSA) is 52.6 Å². The standard InChI is InChI=1S/C23H38O4S/c1-5-19(17-28(24,25)15-9-14-26-18-23(2,3)4)20-10-8-13-22(16-20)27-21-11-6-7-12-21/h8,10,13,16,19,21H,5-7,9,11-12,14-15,17-18H2,1-4H3/t19-/m0/s1. The molecule has 1 atom stereocenters. The van der Waals surface area contributed by atoms with Crippen LogP contribution in [0.2, 0.25) is 0 Å². The molecule has 2 rings (SSSR count). The molecule has 0 heterocycles. The summed E-state index contributed by atoms with van der Waals surface area (Å²) in [6.07, 6.45) is 6.37. The van der Waals surface area contributed by atoms with Crippen LogP contribution in [0, 0.1) is 5.41 Å². The Labute approximate surface area is 171 Å². The molecule has 1 aromatic carbocycles. The summed E-state index contributed by atoms with van der Waals surface area (Å²) in [6, 6.07) is 8.02. The van der Waals surface area contributed by atoms with E-state index in [4.69, 9.17) is 9.47 Å². The van der Waals surface area contributed by atoms with E-state index in [9.17, 15) is 8.42 Å². The lowest BCUT2D eigenvalue weighted by Crippen LogP contribution is -2.20. The van der Waals surface area contributed by atoms with Crippen LogP contribution in [0.25, 0.3) is 0 Å². The van der Waals surface area contributed by atoms with Gasteiger partial charge >= 0.3 is 0 Å². The minimum absolute atomic E-state index is 0.00706. The number of hydrogen-bond donors (Lipinski definition) is 0. The summed E-state index contributed by atoms with van der Waals surface area (Å²) in [5.41, 5.74) is 1.17. The highest BCUT2D eigenvalue weighted by atomic mass is 32.2. The molecule has 0 aliphatic heterocycles. The van der Waals surface area contributed by atoms with Crippen LogP contribution in [0.15, 0.2) is 24.3 Å². The zero-order valence-electron chi connectivity index (χ0n) is 18.1. The van der Waals surface area contributed by atoms with Gasteiger partial charge in [-0.1, -0.05) is 39.8 Å². The van der Waals surface area contributed by atoms with Gasteiger partial charge in [-0.2, -0.15) is 0 Å². The van der Waals surface area contributed by atoms with Gasteiger partial charge in [-0.3, -0.25) is 0 Å². The van der Waals surface area contributed by atoms with Gasteiger partial charge in [-0.05, 0) is 67.6 Å². The molecule has 0 amide bonds. The lowest BCUT2D eigenvalue weighted by atomic mass is 9.98. The maximum absolute atomic E-state index is 12.6. The first-order valence-corrected chi connectivity index (χ1v) is 12.6. The molecule has 0 radical (unpaired) electrons. The van der Waals surface area contributed by atoms with E-state index in [0.29, 0.717) is 25.7 Å². The van der Waals surface area contributed by atoms with E-state index >= 15 is 0 Å². The average molecular weight is 411 g/mol. The van der Waals surface area contributed by atoms with Gasteiger partial charge in [0.15, 0.2) is 9.84 Å². The zero-order valence-corrected chi connectivity index (χ0v) is 18.9. The van der Waals surface area contributed by atoms with E-state index in [1.807, 2.05) is 24.3 Å². The van der Waals surface area contributed by atoms with E-state index in [0.717, 1.165) is 30.6 Å². The third kappa shape index (κ3) is 8.52. The molecule has 0 N–H and O–H groups in total. The predicted octanol–water partition coefficient (Wildman–Crippen LogP) is 5.37. The second-order valence-corrected chi connectivity index (χ2v) is 11.5. The summed E-state index contributed by atoms with van der Waals surface area (Å²) in [4.78, 5) is 0. The van der Waals surface area contributed by atoms with Crippen molar-refractivity contribution in [1.82, 2.24) is 0 Å². The number of ether oxygens (including phenoxy) is 2. The quantitative estimate of drug-likeness (QED) is 0.460. The summed E-state index contributed by atoms with van der Waals surface area (Å²) in [7, 11) is -3.11. The highest BCUT2D eigenvalue weighted by molar-refractivity contribution is 7.91. The van der Waals surface area contributed by atoms with Gasteiger partial charge in [0.25, 0.3) is 0 Å². The van der Waals surface area contributed by atoms with Gasteiger partial charge < -0.3 is 9.47 Å². The van der Waals surface area contributed by atoms with Crippen molar-refractivity contribution >= 4 is 9.84 Å². The van der Waals surface area contributed by atoms with E-state index in [2.05, 4.69) is 27.7 Å². The first-order chi connectivity index (χ1) is 13.2. The summed E-state index contributed by atoms with van der Waals surface area (Å²) >= 11 is 0. The van der Waals surface area contributed by atoms with Gasteiger partial charge in [0, 0.05) is 6.61 Å². The van der Waals surface area contributed by atoms with Gasteiger partial charge in [0.2, 0.25) is 0 Å². The molecular weight excluding hydrogens is 372 g/mol. The summed E-state index contributed by atoms with van der Waals surface area (Å²) in [5, 5.41) is 0. The van der Waals surface area contributed by atoms with Gasteiger partial charge in [0.1, 0.15) is 5.75 Å². The van der Waals surface area contributed by atoms with Gasteiger partial charge in [-0.25, -0.2) is 8.42 Å². The molecule has 1 saturated carbocycles. The number of sulfone groups is 1. The number of benzene rings is 1. The molecule has 4 nitrogen and oxygen atoms in total. The molecule has 1 fully saturated rings. The van der Waals surface area contributed by atoms with Crippen molar-refractivity contribution in [3.63, 3.8) is 0 Å². The molecule has 5 heteroatoms. The van der Waals surface area contributed by atoms with Crippen LogP contribution in [-0.2, 0) is 14.6 Å². The van der Waals surface area contributed by atoms with E-state index in [-0.39, 0.29) is 22.8 Å². The Kier molecular flexibility index (Phi) is 8.81. The Morgan fingerprint density at radius 2 is 1.89 bits per heavy atom. The molecule has 160 valence electrons. The van der Waals surface area contributed by atoms with Crippen molar-refractivity contribution in [3.8, 4) is 5.75 Å². The summed E-state index contributed by atoms with van der Waals surface area (Å²) in [6.45, 7) is 9.54. The first kappa shape index (κ1) is 23.2. The largest absolute Gasteiger partial charge is 0.490 e. The number of rotatable bonds is 11. The van der Waals surface area contributed by atoms with Crippen LogP contribution in [-0.4, -0.2) is 39.2 Å². The second-order valence-electron chi connectivity index (χ2n) is 9.28. The van der Waals surface area contributed by atoms with Crippen molar-refractivity contribution in [2.24, 2.45) is 5.41 Å². The predicted molar refractivity (Wildman–Crippen MR) is 116 cm³/mol. The lowest BCUT2D eigenvalue weighted by Gasteiger charge is -2.19. The Morgan fingerprint density at radius 1 is 1.18 bits per heavy atom. The molecule has 0 unspecified atom stereocenters.